The van der Waals surface area contributed by atoms with E-state index in [9.17, 15) is 14.0 Å². The van der Waals surface area contributed by atoms with Gasteiger partial charge in [0.25, 0.3) is 11.8 Å². The van der Waals surface area contributed by atoms with Crippen molar-refractivity contribution in [3.8, 4) is 11.5 Å². The third kappa shape index (κ3) is 4.72. The van der Waals surface area contributed by atoms with Crippen LogP contribution in [0.25, 0.3) is 0 Å². The zero-order valence-electron chi connectivity index (χ0n) is 17.2. The molecule has 0 aliphatic carbocycles. The number of carbonyl (C=O) groups excluding carboxylic acids is 2. The molecule has 2 amide bonds. The van der Waals surface area contributed by atoms with Crippen molar-refractivity contribution in [2.45, 2.75) is 19.5 Å². The Morgan fingerprint density at radius 3 is 2.72 bits per heavy atom. The van der Waals surface area contributed by atoms with E-state index >= 15 is 0 Å². The number of aliphatic imine (C=N–C) groups is 1. The van der Waals surface area contributed by atoms with E-state index in [4.69, 9.17) is 4.74 Å². The third-order valence-electron chi connectivity index (χ3n) is 4.66. The van der Waals surface area contributed by atoms with Gasteiger partial charge in [-0.1, -0.05) is 24.3 Å². The van der Waals surface area contributed by atoms with Gasteiger partial charge in [-0.25, -0.2) is 14.4 Å². The van der Waals surface area contributed by atoms with Gasteiger partial charge in [0.05, 0.1) is 11.9 Å². The molecule has 2 aromatic carbocycles. The third-order valence-corrected chi connectivity index (χ3v) is 4.66. The number of pyridine rings is 1. The number of para-hydroxylation sites is 1. The molecule has 8 nitrogen and oxygen atoms in total. The van der Waals surface area contributed by atoms with E-state index in [1.54, 1.807) is 55.6 Å². The molecule has 1 aliphatic rings. The minimum absolute atomic E-state index is 0.00189. The minimum Gasteiger partial charge on any atom is -0.453 e. The lowest BCUT2D eigenvalue weighted by atomic mass is 10.2. The molecule has 0 fully saturated rings. The number of rotatable bonds is 6. The SMILES string of the molecule is CC1N=C(C(=O)NCc2ccc(Oc3cccnc3)c(F)c2)NN(c2ccccc2)C1=O. The molecule has 1 aliphatic heterocycles. The van der Waals surface area contributed by atoms with E-state index in [-0.39, 0.29) is 24.0 Å². The fraction of sp³-hybridized carbons (Fsp3) is 0.130. The second-order valence-electron chi connectivity index (χ2n) is 7.01. The average Bonchev–Trinajstić information content (AvgIpc) is 2.82. The number of ether oxygens (including phenoxy) is 1. The van der Waals surface area contributed by atoms with Gasteiger partial charge in [-0.15, -0.1) is 0 Å². The van der Waals surface area contributed by atoms with Crippen LogP contribution in [0, 0.1) is 5.82 Å². The van der Waals surface area contributed by atoms with Crippen LogP contribution < -0.4 is 20.5 Å². The van der Waals surface area contributed by atoms with E-state index in [1.165, 1.54) is 23.3 Å². The smallest absolute Gasteiger partial charge is 0.288 e. The lowest BCUT2D eigenvalue weighted by molar-refractivity contribution is -0.120. The summed E-state index contributed by atoms with van der Waals surface area (Å²) in [6, 6.07) is 15.9. The lowest BCUT2D eigenvalue weighted by Crippen LogP contribution is -2.57. The zero-order chi connectivity index (χ0) is 22.5. The van der Waals surface area contributed by atoms with Crippen molar-refractivity contribution >= 4 is 23.3 Å². The number of halogens is 1. The van der Waals surface area contributed by atoms with E-state index < -0.39 is 17.8 Å². The second kappa shape index (κ2) is 9.25. The summed E-state index contributed by atoms with van der Waals surface area (Å²) in [5, 5.41) is 3.97. The van der Waals surface area contributed by atoms with Gasteiger partial charge in [0.1, 0.15) is 11.8 Å². The summed E-state index contributed by atoms with van der Waals surface area (Å²) in [5.41, 5.74) is 3.89. The number of benzene rings is 2. The number of amides is 2. The number of nitrogens with one attached hydrogen (secondary N) is 2. The van der Waals surface area contributed by atoms with Gasteiger partial charge in [-0.05, 0) is 48.9 Å². The van der Waals surface area contributed by atoms with Crippen LogP contribution in [0.4, 0.5) is 10.1 Å². The summed E-state index contributed by atoms with van der Waals surface area (Å²) in [6.45, 7) is 1.68. The number of hydrogen-bond donors (Lipinski definition) is 2. The topological polar surface area (TPSA) is 95.9 Å². The van der Waals surface area contributed by atoms with Gasteiger partial charge in [0.2, 0.25) is 5.84 Å². The molecule has 0 saturated carbocycles. The first-order valence-corrected chi connectivity index (χ1v) is 9.89. The quantitative estimate of drug-likeness (QED) is 0.623. The van der Waals surface area contributed by atoms with Gasteiger partial charge in [-0.2, -0.15) is 0 Å². The highest BCUT2D eigenvalue weighted by Gasteiger charge is 2.30. The summed E-state index contributed by atoms with van der Waals surface area (Å²) in [4.78, 5) is 33.1. The molecule has 9 heteroatoms. The number of hydrogen-bond acceptors (Lipinski definition) is 6. The molecule has 3 aromatic rings. The predicted octanol–water partition coefficient (Wildman–Crippen LogP) is 2.97. The van der Waals surface area contributed by atoms with Gasteiger partial charge in [0, 0.05) is 12.7 Å². The summed E-state index contributed by atoms with van der Waals surface area (Å²) < 4.78 is 19.9. The number of carbonyl (C=O) groups is 2. The largest absolute Gasteiger partial charge is 0.453 e. The molecule has 0 spiro atoms. The Morgan fingerprint density at radius 1 is 1.19 bits per heavy atom. The molecule has 2 heterocycles. The van der Waals surface area contributed by atoms with Crippen molar-refractivity contribution in [3.05, 3.63) is 84.4 Å². The van der Waals surface area contributed by atoms with Crippen LogP contribution in [0.3, 0.4) is 0 Å². The summed E-state index contributed by atoms with van der Waals surface area (Å²) >= 11 is 0. The lowest BCUT2D eigenvalue weighted by Gasteiger charge is -2.30. The first-order chi connectivity index (χ1) is 15.5. The normalized spacial score (nSPS) is 15.6. The molecule has 32 heavy (non-hydrogen) atoms. The van der Waals surface area contributed by atoms with E-state index in [2.05, 4.69) is 20.7 Å². The first-order valence-electron chi connectivity index (χ1n) is 9.89. The number of hydrazine groups is 1. The molecule has 1 unspecified atom stereocenters. The Morgan fingerprint density at radius 2 is 2.00 bits per heavy atom. The van der Waals surface area contributed by atoms with Gasteiger partial charge in [0.15, 0.2) is 11.6 Å². The van der Waals surface area contributed by atoms with E-state index in [0.29, 0.717) is 17.0 Å². The first kappa shape index (κ1) is 21.0. The summed E-state index contributed by atoms with van der Waals surface area (Å²) in [5.74, 6) is -0.890. The van der Waals surface area contributed by atoms with Gasteiger partial charge >= 0.3 is 0 Å². The van der Waals surface area contributed by atoms with Crippen molar-refractivity contribution in [3.63, 3.8) is 0 Å². The van der Waals surface area contributed by atoms with Crippen molar-refractivity contribution in [2.24, 2.45) is 4.99 Å². The monoisotopic (exact) mass is 433 g/mol. The molecule has 0 saturated heterocycles. The van der Waals surface area contributed by atoms with Crippen molar-refractivity contribution in [1.29, 1.82) is 0 Å². The fourth-order valence-electron chi connectivity index (χ4n) is 3.04. The molecule has 0 radical (unpaired) electrons. The maximum Gasteiger partial charge on any atom is 0.288 e. The minimum atomic E-state index is -0.724. The van der Waals surface area contributed by atoms with Crippen molar-refractivity contribution < 1.29 is 18.7 Å². The summed E-state index contributed by atoms with van der Waals surface area (Å²) in [6.07, 6.45) is 3.08. The highest BCUT2D eigenvalue weighted by molar-refractivity contribution is 6.39. The number of nitrogens with zero attached hydrogens (tertiary/aromatic N) is 3. The molecule has 1 aromatic heterocycles. The van der Waals surface area contributed by atoms with Crippen molar-refractivity contribution in [1.82, 2.24) is 15.7 Å². The maximum atomic E-state index is 14.4. The highest BCUT2D eigenvalue weighted by atomic mass is 19.1. The predicted molar refractivity (Wildman–Crippen MR) is 117 cm³/mol. The zero-order valence-corrected chi connectivity index (χ0v) is 17.2. The van der Waals surface area contributed by atoms with Crippen LogP contribution in [0.15, 0.2) is 78.0 Å². The van der Waals surface area contributed by atoms with Crippen LogP contribution >= 0.6 is 0 Å². The molecule has 1 atom stereocenters. The van der Waals surface area contributed by atoms with Crippen LogP contribution in [0.1, 0.15) is 12.5 Å². The molecule has 162 valence electrons. The maximum absolute atomic E-state index is 14.4. The Kier molecular flexibility index (Phi) is 6.07. The van der Waals surface area contributed by atoms with Crippen LogP contribution in [0.5, 0.6) is 11.5 Å². The van der Waals surface area contributed by atoms with Crippen molar-refractivity contribution in [2.75, 3.05) is 5.01 Å². The van der Waals surface area contributed by atoms with E-state index in [0.717, 1.165) is 0 Å². The Balaban J connectivity index is 1.40. The Bertz CT molecular complexity index is 1150. The van der Waals surface area contributed by atoms with Crippen LogP contribution in [0.2, 0.25) is 0 Å². The van der Waals surface area contributed by atoms with Crippen LogP contribution in [-0.4, -0.2) is 28.7 Å². The van der Waals surface area contributed by atoms with Crippen LogP contribution in [-0.2, 0) is 16.1 Å². The molecule has 0 bridgehead atoms. The Hall–Kier alpha value is -4.27. The highest BCUT2D eigenvalue weighted by Crippen LogP contribution is 2.24. The fourth-order valence-corrected chi connectivity index (χ4v) is 3.04. The Labute approximate surface area is 183 Å². The number of anilines is 1. The molecular formula is C23H20FN5O3. The number of aromatic nitrogens is 1. The van der Waals surface area contributed by atoms with Gasteiger partial charge < -0.3 is 10.1 Å². The summed E-state index contributed by atoms with van der Waals surface area (Å²) in [7, 11) is 0. The molecule has 4 rings (SSSR count). The average molecular weight is 433 g/mol. The second-order valence-corrected chi connectivity index (χ2v) is 7.01. The standard InChI is InChI=1S/C23H20FN5O3/c1-15-23(31)29(17-6-3-2-4-7-17)28-21(27-15)22(30)26-13-16-9-10-20(19(24)12-16)32-18-8-5-11-25-14-18/h2-12,14-15H,13H2,1H3,(H,26,30)(H,27,28). The van der Waals surface area contributed by atoms with Gasteiger partial charge in [-0.3, -0.25) is 20.0 Å². The van der Waals surface area contributed by atoms with E-state index in [1.807, 2.05) is 6.07 Å². The molecular weight excluding hydrogens is 413 g/mol. The number of amidine groups is 1. The molecule has 2 N–H and O–H groups in total.